The Bertz CT molecular complexity index is 845. The molecule has 9 heteroatoms. The monoisotopic (exact) mass is 397 g/mol. The van der Waals surface area contributed by atoms with Crippen molar-refractivity contribution in [1.82, 2.24) is 14.4 Å². The molecule has 1 unspecified atom stereocenters. The maximum atomic E-state index is 13.0. The van der Waals surface area contributed by atoms with E-state index in [9.17, 15) is 8.42 Å². The second-order valence-electron chi connectivity index (χ2n) is 7.13. The molecule has 2 aromatic rings. The molecule has 0 bridgehead atoms. The van der Waals surface area contributed by atoms with Crippen LogP contribution in [0.25, 0.3) is 0 Å². The summed E-state index contributed by atoms with van der Waals surface area (Å²) >= 11 is 1.25. The van der Waals surface area contributed by atoms with Crippen molar-refractivity contribution in [3.05, 3.63) is 29.2 Å². The van der Waals surface area contributed by atoms with Gasteiger partial charge in [-0.05, 0) is 43.6 Å². The molecular weight excluding hydrogens is 374 g/mol. The molecule has 0 spiro atoms. The van der Waals surface area contributed by atoms with Crippen LogP contribution in [0.2, 0.25) is 0 Å². The molecule has 26 heavy (non-hydrogen) atoms. The second kappa shape index (κ2) is 7.03. The van der Waals surface area contributed by atoms with Gasteiger partial charge in [-0.3, -0.25) is 0 Å². The Balaban J connectivity index is 1.64. The molecule has 0 N–H and O–H groups in total. The standard InChI is InChI=1S/C17H23N3O4S2/c1-23-10-8-17(16-18-15(24-19-16)13-5-6-13)7-3-9-20(12-17)26(21,22)14-4-2-11-25-14/h2,4,11,13H,3,5-10,12H2,1H3. The number of piperidine rings is 1. The van der Waals surface area contributed by atoms with E-state index in [1.54, 1.807) is 28.9 Å². The zero-order valence-corrected chi connectivity index (χ0v) is 16.4. The smallest absolute Gasteiger partial charge is 0.252 e. The van der Waals surface area contributed by atoms with Gasteiger partial charge < -0.3 is 9.26 Å². The SMILES string of the molecule is COCCC1(c2noc(C3CC3)n2)CCCN(S(=O)(=O)c2cccs2)C1. The van der Waals surface area contributed by atoms with Crippen molar-refractivity contribution in [1.29, 1.82) is 0 Å². The maximum Gasteiger partial charge on any atom is 0.252 e. The second-order valence-corrected chi connectivity index (χ2v) is 10.2. The third kappa shape index (κ3) is 3.33. The first-order chi connectivity index (χ1) is 12.5. The van der Waals surface area contributed by atoms with Gasteiger partial charge in [0.15, 0.2) is 5.82 Å². The quantitative estimate of drug-likeness (QED) is 0.714. The van der Waals surface area contributed by atoms with E-state index in [-0.39, 0.29) is 0 Å². The van der Waals surface area contributed by atoms with Gasteiger partial charge in [-0.25, -0.2) is 8.42 Å². The fourth-order valence-corrected chi connectivity index (χ4v) is 6.28. The van der Waals surface area contributed by atoms with Crippen LogP contribution in [0, 0.1) is 0 Å². The first kappa shape index (κ1) is 18.1. The maximum absolute atomic E-state index is 13.0. The number of thiophene rings is 1. The number of rotatable bonds is 7. The van der Waals surface area contributed by atoms with Gasteiger partial charge in [-0.1, -0.05) is 11.2 Å². The van der Waals surface area contributed by atoms with Crippen molar-refractivity contribution in [2.75, 3.05) is 26.8 Å². The Hall–Kier alpha value is -1.29. The van der Waals surface area contributed by atoms with Gasteiger partial charge in [-0.15, -0.1) is 11.3 Å². The summed E-state index contributed by atoms with van der Waals surface area (Å²) in [6, 6.07) is 3.42. The Kier molecular flexibility index (Phi) is 4.89. The summed E-state index contributed by atoms with van der Waals surface area (Å²) < 4.78 is 38.7. The lowest BCUT2D eigenvalue weighted by Crippen LogP contribution is -2.49. The van der Waals surface area contributed by atoms with Gasteiger partial charge in [0.05, 0.1) is 0 Å². The summed E-state index contributed by atoms with van der Waals surface area (Å²) in [5.74, 6) is 1.70. The Morgan fingerprint density at radius 2 is 2.31 bits per heavy atom. The predicted octanol–water partition coefficient (Wildman–Crippen LogP) is 2.77. The first-order valence-electron chi connectivity index (χ1n) is 8.92. The molecule has 1 saturated heterocycles. The van der Waals surface area contributed by atoms with E-state index in [4.69, 9.17) is 9.26 Å². The van der Waals surface area contributed by atoms with E-state index in [1.807, 2.05) is 0 Å². The van der Waals surface area contributed by atoms with E-state index in [2.05, 4.69) is 10.1 Å². The van der Waals surface area contributed by atoms with Gasteiger partial charge in [0.2, 0.25) is 5.89 Å². The number of aromatic nitrogens is 2. The zero-order chi connectivity index (χ0) is 18.2. The van der Waals surface area contributed by atoms with Crippen LogP contribution in [0.1, 0.15) is 49.7 Å². The predicted molar refractivity (Wildman–Crippen MR) is 96.8 cm³/mol. The van der Waals surface area contributed by atoms with Crippen LogP contribution in [-0.2, 0) is 20.2 Å². The van der Waals surface area contributed by atoms with E-state index >= 15 is 0 Å². The molecule has 2 aromatic heterocycles. The van der Waals surface area contributed by atoms with Crippen LogP contribution >= 0.6 is 11.3 Å². The largest absolute Gasteiger partial charge is 0.385 e. The fourth-order valence-electron chi connectivity index (χ4n) is 3.57. The van der Waals surface area contributed by atoms with Gasteiger partial charge in [0.25, 0.3) is 10.0 Å². The van der Waals surface area contributed by atoms with Crippen LogP contribution in [0.3, 0.4) is 0 Å². The lowest BCUT2D eigenvalue weighted by molar-refractivity contribution is 0.128. The van der Waals surface area contributed by atoms with Crippen molar-refractivity contribution >= 4 is 21.4 Å². The molecule has 1 aliphatic carbocycles. The van der Waals surface area contributed by atoms with Crippen LogP contribution in [0.4, 0.5) is 0 Å². The third-order valence-corrected chi connectivity index (χ3v) is 8.48. The molecule has 1 atom stereocenters. The number of hydrogen-bond donors (Lipinski definition) is 0. The van der Waals surface area contributed by atoms with Crippen molar-refractivity contribution in [2.45, 2.75) is 47.6 Å². The third-order valence-electron chi connectivity index (χ3n) is 5.26. The Morgan fingerprint density at radius 1 is 1.46 bits per heavy atom. The molecule has 3 heterocycles. The molecule has 142 valence electrons. The summed E-state index contributed by atoms with van der Waals surface area (Å²) in [5, 5.41) is 6.03. The summed E-state index contributed by atoms with van der Waals surface area (Å²) in [4.78, 5) is 4.65. The number of ether oxygens (including phenoxy) is 1. The zero-order valence-electron chi connectivity index (χ0n) is 14.8. The first-order valence-corrected chi connectivity index (χ1v) is 11.2. The minimum absolute atomic E-state index is 0.361. The van der Waals surface area contributed by atoms with Crippen molar-refractivity contribution in [2.24, 2.45) is 0 Å². The van der Waals surface area contributed by atoms with Gasteiger partial charge >= 0.3 is 0 Å². The number of methoxy groups -OCH3 is 1. The van der Waals surface area contributed by atoms with Gasteiger partial charge in [-0.2, -0.15) is 9.29 Å². The molecule has 1 aliphatic heterocycles. The highest BCUT2D eigenvalue weighted by Gasteiger charge is 2.45. The molecular formula is C17H23N3O4S2. The summed E-state index contributed by atoms with van der Waals surface area (Å²) in [6.07, 6.45) is 4.44. The highest BCUT2D eigenvalue weighted by molar-refractivity contribution is 7.91. The van der Waals surface area contributed by atoms with Crippen molar-refractivity contribution in [3.8, 4) is 0 Å². The van der Waals surface area contributed by atoms with Crippen LogP contribution in [-0.4, -0.2) is 49.7 Å². The van der Waals surface area contributed by atoms with Gasteiger partial charge in [0.1, 0.15) is 4.21 Å². The van der Waals surface area contributed by atoms with Crippen molar-refractivity contribution < 1.29 is 17.7 Å². The fraction of sp³-hybridized carbons (Fsp3) is 0.647. The topological polar surface area (TPSA) is 85.5 Å². The molecule has 4 rings (SSSR count). The minimum Gasteiger partial charge on any atom is -0.385 e. The van der Waals surface area contributed by atoms with E-state index in [1.165, 1.54) is 11.3 Å². The van der Waals surface area contributed by atoms with E-state index in [0.717, 1.165) is 25.7 Å². The lowest BCUT2D eigenvalue weighted by atomic mass is 9.77. The van der Waals surface area contributed by atoms with Crippen LogP contribution in [0.5, 0.6) is 0 Å². The van der Waals surface area contributed by atoms with Crippen LogP contribution < -0.4 is 0 Å². The Labute approximate surface area is 157 Å². The van der Waals surface area contributed by atoms with Crippen LogP contribution in [0.15, 0.2) is 26.2 Å². The highest BCUT2D eigenvalue weighted by atomic mass is 32.2. The highest BCUT2D eigenvalue weighted by Crippen LogP contribution is 2.42. The summed E-state index contributed by atoms with van der Waals surface area (Å²) in [5.41, 5.74) is -0.463. The number of nitrogens with zero attached hydrogens (tertiary/aromatic N) is 3. The average molecular weight is 398 g/mol. The average Bonchev–Trinajstić information content (AvgIpc) is 3.15. The number of sulfonamides is 1. The molecule has 0 amide bonds. The summed E-state index contributed by atoms with van der Waals surface area (Å²) in [7, 11) is -1.84. The normalized spacial score (nSPS) is 24.8. The van der Waals surface area contributed by atoms with Crippen molar-refractivity contribution in [3.63, 3.8) is 0 Å². The molecule has 0 radical (unpaired) electrons. The van der Waals surface area contributed by atoms with E-state index < -0.39 is 15.4 Å². The van der Waals surface area contributed by atoms with Gasteiger partial charge in [0, 0.05) is 38.1 Å². The number of hydrogen-bond acceptors (Lipinski definition) is 7. The summed E-state index contributed by atoms with van der Waals surface area (Å²) in [6.45, 7) is 1.41. The lowest BCUT2D eigenvalue weighted by Gasteiger charge is -2.39. The Morgan fingerprint density at radius 3 is 3.00 bits per heavy atom. The molecule has 2 aliphatic rings. The van der Waals surface area contributed by atoms with E-state index in [0.29, 0.717) is 48.0 Å². The molecule has 2 fully saturated rings. The molecule has 7 nitrogen and oxygen atoms in total. The minimum atomic E-state index is -3.50. The molecule has 0 aromatic carbocycles. The molecule has 1 saturated carbocycles.